The molecule has 1 saturated heterocycles. The van der Waals surface area contributed by atoms with Crippen LogP contribution in [0.3, 0.4) is 0 Å². The zero-order valence-electron chi connectivity index (χ0n) is 15.9. The lowest BCUT2D eigenvalue weighted by Crippen LogP contribution is -2.29. The molecule has 0 unspecified atom stereocenters. The number of Topliss-reactive ketones (excluding diaryl/α,β-unsaturated/α-hetero) is 1. The summed E-state index contributed by atoms with van der Waals surface area (Å²) in [7, 11) is 0. The number of nitrogens with zero attached hydrogens (tertiary/aromatic N) is 2. The molecule has 8 heteroatoms. The summed E-state index contributed by atoms with van der Waals surface area (Å²) in [5.74, 6) is -1.77. The van der Waals surface area contributed by atoms with Gasteiger partial charge in [-0.05, 0) is 48.9 Å². The monoisotopic (exact) mass is 424 g/mol. The molecule has 1 aliphatic rings. The Bertz CT molecular complexity index is 1110. The predicted molar refractivity (Wildman–Crippen MR) is 111 cm³/mol. The number of hydrogen-bond acceptors (Lipinski definition) is 6. The van der Waals surface area contributed by atoms with Crippen molar-refractivity contribution in [1.29, 1.82) is 0 Å². The van der Waals surface area contributed by atoms with Gasteiger partial charge in [0.05, 0.1) is 18.2 Å². The van der Waals surface area contributed by atoms with Gasteiger partial charge in [-0.1, -0.05) is 12.1 Å². The van der Waals surface area contributed by atoms with Crippen molar-refractivity contribution in [2.24, 2.45) is 0 Å². The predicted octanol–water partition coefficient (Wildman–Crippen LogP) is 4.31. The van der Waals surface area contributed by atoms with E-state index in [-0.39, 0.29) is 11.3 Å². The Morgan fingerprint density at radius 2 is 1.87 bits per heavy atom. The Labute approximate surface area is 175 Å². The molecule has 30 heavy (non-hydrogen) atoms. The van der Waals surface area contributed by atoms with Gasteiger partial charge in [-0.3, -0.25) is 14.5 Å². The number of halogens is 1. The highest BCUT2D eigenvalue weighted by atomic mass is 32.1. The zero-order chi connectivity index (χ0) is 21.3. The molecule has 1 atom stereocenters. The van der Waals surface area contributed by atoms with Gasteiger partial charge in [0, 0.05) is 17.1 Å². The van der Waals surface area contributed by atoms with Crippen LogP contribution in [0, 0.1) is 5.82 Å². The lowest BCUT2D eigenvalue weighted by atomic mass is 9.95. The van der Waals surface area contributed by atoms with Crippen molar-refractivity contribution in [2.45, 2.75) is 13.0 Å². The van der Waals surface area contributed by atoms with Crippen LogP contribution in [0.15, 0.2) is 65.7 Å². The van der Waals surface area contributed by atoms with E-state index in [1.165, 1.54) is 46.7 Å². The first-order valence-electron chi connectivity index (χ1n) is 9.20. The molecular weight excluding hydrogens is 407 g/mol. The Morgan fingerprint density at radius 3 is 2.47 bits per heavy atom. The summed E-state index contributed by atoms with van der Waals surface area (Å²) < 4.78 is 18.9. The number of amides is 1. The third-order valence-corrected chi connectivity index (χ3v) is 5.47. The van der Waals surface area contributed by atoms with Crippen molar-refractivity contribution in [3.63, 3.8) is 0 Å². The maximum Gasteiger partial charge on any atom is 0.301 e. The fourth-order valence-corrected chi connectivity index (χ4v) is 4.02. The van der Waals surface area contributed by atoms with Crippen LogP contribution in [-0.4, -0.2) is 28.4 Å². The molecule has 1 amide bonds. The Hall–Kier alpha value is -3.52. The second-order valence-corrected chi connectivity index (χ2v) is 7.37. The number of carbonyl (C=O) groups excluding carboxylic acids is 2. The van der Waals surface area contributed by atoms with Crippen molar-refractivity contribution < 1.29 is 23.8 Å². The summed E-state index contributed by atoms with van der Waals surface area (Å²) in [6, 6.07) is 11.1. The number of benzene rings is 2. The highest BCUT2D eigenvalue weighted by Gasteiger charge is 2.47. The van der Waals surface area contributed by atoms with Crippen LogP contribution < -0.4 is 9.64 Å². The maximum absolute atomic E-state index is 13.5. The molecule has 1 aromatic heterocycles. The second kappa shape index (κ2) is 8.08. The van der Waals surface area contributed by atoms with E-state index in [1.54, 1.807) is 29.6 Å². The molecule has 6 nitrogen and oxygen atoms in total. The number of hydrogen-bond donors (Lipinski definition) is 1. The summed E-state index contributed by atoms with van der Waals surface area (Å²) >= 11 is 1.19. The number of carbonyl (C=O) groups is 2. The van der Waals surface area contributed by atoms with Crippen molar-refractivity contribution >= 4 is 33.9 Å². The van der Waals surface area contributed by atoms with Gasteiger partial charge < -0.3 is 9.84 Å². The molecule has 0 spiro atoms. The number of ether oxygens (including phenoxy) is 1. The molecule has 1 aliphatic heterocycles. The van der Waals surface area contributed by atoms with E-state index in [1.807, 2.05) is 6.92 Å². The fourth-order valence-electron chi connectivity index (χ4n) is 3.36. The first-order valence-corrected chi connectivity index (χ1v) is 10.1. The van der Waals surface area contributed by atoms with E-state index >= 15 is 0 Å². The topological polar surface area (TPSA) is 79.7 Å². The molecule has 3 aromatic rings. The minimum atomic E-state index is -0.927. The zero-order valence-corrected chi connectivity index (χ0v) is 16.7. The summed E-state index contributed by atoms with van der Waals surface area (Å²) in [5.41, 5.74) is 0.770. The molecule has 1 N–H and O–H groups in total. The van der Waals surface area contributed by atoms with E-state index < -0.39 is 23.5 Å². The number of aliphatic hydroxyl groups is 1. The van der Waals surface area contributed by atoms with Crippen LogP contribution in [0.5, 0.6) is 5.75 Å². The van der Waals surface area contributed by atoms with Crippen LogP contribution in [-0.2, 0) is 9.59 Å². The van der Waals surface area contributed by atoms with Gasteiger partial charge in [0.2, 0.25) is 0 Å². The van der Waals surface area contributed by atoms with Crippen LogP contribution >= 0.6 is 11.3 Å². The molecular formula is C22H17FN2O4S. The molecule has 152 valence electrons. The Morgan fingerprint density at radius 1 is 1.17 bits per heavy atom. The highest BCUT2D eigenvalue weighted by molar-refractivity contribution is 7.14. The molecule has 1 fully saturated rings. The van der Waals surface area contributed by atoms with E-state index in [2.05, 4.69) is 4.98 Å². The van der Waals surface area contributed by atoms with Gasteiger partial charge in [0.15, 0.2) is 5.13 Å². The maximum atomic E-state index is 13.5. The number of rotatable bonds is 5. The number of thiazole rings is 1. The summed E-state index contributed by atoms with van der Waals surface area (Å²) in [4.78, 5) is 31.1. The minimum Gasteiger partial charge on any atom is -0.507 e. The Balaban J connectivity index is 1.86. The normalized spacial score (nSPS) is 18.1. The van der Waals surface area contributed by atoms with Crippen LogP contribution in [0.1, 0.15) is 24.1 Å². The fraction of sp³-hybridized carbons (Fsp3) is 0.136. The van der Waals surface area contributed by atoms with E-state index in [4.69, 9.17) is 4.74 Å². The average Bonchev–Trinajstić information content (AvgIpc) is 3.36. The van der Waals surface area contributed by atoms with Crippen molar-refractivity contribution in [3.8, 4) is 5.75 Å². The minimum absolute atomic E-state index is 0.0778. The molecule has 0 saturated carbocycles. The first kappa shape index (κ1) is 19.8. The lowest BCUT2D eigenvalue weighted by Gasteiger charge is -2.23. The summed E-state index contributed by atoms with van der Waals surface area (Å²) in [5, 5.41) is 13.0. The third kappa shape index (κ3) is 3.46. The molecule has 4 rings (SSSR count). The largest absolute Gasteiger partial charge is 0.507 e. The average molecular weight is 424 g/mol. The molecule has 2 heterocycles. The number of aromatic nitrogens is 1. The van der Waals surface area contributed by atoms with Gasteiger partial charge >= 0.3 is 5.91 Å². The number of aliphatic hydroxyl groups excluding tert-OH is 1. The standard InChI is InChI=1S/C22H17FN2O4S/c1-2-29-16-9-5-14(6-10-16)19(26)17-18(13-3-7-15(23)8-4-13)25(21(28)20(17)27)22-24-11-12-30-22/h3-12,18,26H,2H2,1H3/t18-/m0/s1. The van der Waals surface area contributed by atoms with Gasteiger partial charge in [-0.25, -0.2) is 9.37 Å². The molecule has 0 aliphatic carbocycles. The summed E-state index contributed by atoms with van der Waals surface area (Å²) in [6.45, 7) is 2.35. The van der Waals surface area contributed by atoms with Gasteiger partial charge in [-0.2, -0.15) is 0 Å². The van der Waals surface area contributed by atoms with E-state index in [0.29, 0.717) is 28.6 Å². The van der Waals surface area contributed by atoms with Gasteiger partial charge in [0.25, 0.3) is 5.78 Å². The smallest absolute Gasteiger partial charge is 0.301 e. The van der Waals surface area contributed by atoms with Crippen LogP contribution in [0.4, 0.5) is 9.52 Å². The van der Waals surface area contributed by atoms with E-state index in [0.717, 1.165) is 0 Å². The molecule has 0 radical (unpaired) electrons. The molecule has 2 aromatic carbocycles. The van der Waals surface area contributed by atoms with Crippen molar-refractivity contribution in [2.75, 3.05) is 11.5 Å². The van der Waals surface area contributed by atoms with Gasteiger partial charge in [-0.15, -0.1) is 11.3 Å². The first-order chi connectivity index (χ1) is 14.5. The summed E-state index contributed by atoms with van der Waals surface area (Å²) in [6.07, 6.45) is 1.52. The quantitative estimate of drug-likeness (QED) is 0.375. The number of ketones is 1. The third-order valence-electron chi connectivity index (χ3n) is 4.69. The van der Waals surface area contributed by atoms with Crippen molar-refractivity contribution in [1.82, 2.24) is 4.98 Å². The molecule has 0 bridgehead atoms. The van der Waals surface area contributed by atoms with Crippen molar-refractivity contribution in [3.05, 3.63) is 82.6 Å². The van der Waals surface area contributed by atoms with E-state index in [9.17, 15) is 19.1 Å². The Kier molecular flexibility index (Phi) is 5.33. The second-order valence-electron chi connectivity index (χ2n) is 6.49. The number of anilines is 1. The van der Waals surface area contributed by atoms with Crippen LogP contribution in [0.25, 0.3) is 5.76 Å². The van der Waals surface area contributed by atoms with Crippen LogP contribution in [0.2, 0.25) is 0 Å². The van der Waals surface area contributed by atoms with Gasteiger partial charge in [0.1, 0.15) is 17.3 Å². The lowest BCUT2D eigenvalue weighted by molar-refractivity contribution is -0.132. The SMILES string of the molecule is CCOc1ccc(C(O)=C2C(=O)C(=O)N(c3nccs3)[C@H]2c2ccc(F)cc2)cc1. The highest BCUT2D eigenvalue weighted by Crippen LogP contribution is 2.42.